The number of nitrogens with zero attached hydrogens (tertiary/aromatic N) is 1. The summed E-state index contributed by atoms with van der Waals surface area (Å²) in [5.41, 5.74) is 0.0697. The van der Waals surface area contributed by atoms with Gasteiger partial charge in [-0.3, -0.25) is 4.79 Å². The molecule has 0 saturated carbocycles. The molecule has 2 heterocycles. The van der Waals surface area contributed by atoms with E-state index in [1.807, 2.05) is 39.0 Å². The maximum absolute atomic E-state index is 13.0. The summed E-state index contributed by atoms with van der Waals surface area (Å²) in [6, 6.07) is 7.17. The van der Waals surface area contributed by atoms with Crippen molar-refractivity contribution in [1.82, 2.24) is 4.90 Å². The van der Waals surface area contributed by atoms with Crippen LogP contribution in [0.2, 0.25) is 0 Å². The second-order valence-corrected chi connectivity index (χ2v) is 7.87. The summed E-state index contributed by atoms with van der Waals surface area (Å²) in [6.45, 7) is 6.54. The van der Waals surface area contributed by atoms with Crippen molar-refractivity contribution in [2.24, 2.45) is 5.92 Å². The number of fused-ring (bicyclic) bond motifs is 1. The van der Waals surface area contributed by atoms with Crippen LogP contribution in [0, 0.1) is 5.92 Å². The molecule has 0 bridgehead atoms. The van der Waals surface area contributed by atoms with Gasteiger partial charge in [0.25, 0.3) is 0 Å². The Bertz CT molecular complexity index is 649. The zero-order valence-electron chi connectivity index (χ0n) is 15.3. The smallest absolute Gasteiger partial charge is 0.410 e. The summed E-state index contributed by atoms with van der Waals surface area (Å²) in [5, 5.41) is 0. The highest BCUT2D eigenvalue weighted by molar-refractivity contribution is 6.01. The molecule has 0 spiro atoms. The number of hydrogen-bond donors (Lipinski definition) is 0. The first kappa shape index (κ1) is 17.8. The molecule has 25 heavy (non-hydrogen) atoms. The van der Waals surface area contributed by atoms with E-state index in [1.54, 1.807) is 11.0 Å². The average Bonchev–Trinajstić information content (AvgIpc) is 2.80. The molecule has 1 amide bonds. The fraction of sp³-hybridized carbons (Fsp3) is 0.600. The maximum atomic E-state index is 13.0. The van der Waals surface area contributed by atoms with Crippen LogP contribution in [0.15, 0.2) is 24.3 Å². The van der Waals surface area contributed by atoms with Crippen LogP contribution < -0.4 is 4.74 Å². The molecule has 0 radical (unpaired) electrons. The van der Waals surface area contributed by atoms with Gasteiger partial charge in [0.15, 0.2) is 5.78 Å². The third kappa shape index (κ3) is 3.97. The van der Waals surface area contributed by atoms with Gasteiger partial charge in [-0.25, -0.2) is 4.79 Å². The lowest BCUT2D eigenvalue weighted by Gasteiger charge is -2.37. The predicted molar refractivity (Wildman–Crippen MR) is 95.0 cm³/mol. The van der Waals surface area contributed by atoms with E-state index in [9.17, 15) is 9.59 Å². The van der Waals surface area contributed by atoms with Gasteiger partial charge in [0.2, 0.25) is 0 Å². The molecule has 3 rings (SSSR count). The molecule has 5 nitrogen and oxygen atoms in total. The molecule has 0 aromatic heterocycles. The van der Waals surface area contributed by atoms with Crippen molar-refractivity contribution in [1.29, 1.82) is 0 Å². The number of amides is 1. The van der Waals surface area contributed by atoms with Gasteiger partial charge in [-0.1, -0.05) is 25.0 Å². The Hall–Kier alpha value is -2.04. The van der Waals surface area contributed by atoms with Gasteiger partial charge in [0, 0.05) is 12.6 Å². The lowest BCUT2D eigenvalue weighted by Crippen LogP contribution is -2.50. The molecule has 2 aliphatic rings. The van der Waals surface area contributed by atoms with E-state index in [4.69, 9.17) is 9.47 Å². The number of rotatable bonds is 1. The summed E-state index contributed by atoms with van der Waals surface area (Å²) in [6.07, 6.45) is 3.49. The largest absolute Gasteiger partial charge is 0.492 e. The van der Waals surface area contributed by atoms with Crippen molar-refractivity contribution in [3.8, 4) is 5.75 Å². The Balaban J connectivity index is 1.85. The summed E-state index contributed by atoms with van der Waals surface area (Å²) in [7, 11) is 0. The molecule has 2 atom stereocenters. The number of ether oxygens (including phenoxy) is 2. The Labute approximate surface area is 149 Å². The van der Waals surface area contributed by atoms with E-state index in [0.29, 0.717) is 24.5 Å². The Morgan fingerprint density at radius 3 is 2.72 bits per heavy atom. The van der Waals surface area contributed by atoms with Crippen molar-refractivity contribution in [2.75, 3.05) is 13.2 Å². The van der Waals surface area contributed by atoms with Gasteiger partial charge >= 0.3 is 6.09 Å². The third-order valence-electron chi connectivity index (χ3n) is 4.80. The van der Waals surface area contributed by atoms with E-state index in [0.717, 1.165) is 25.7 Å². The molecule has 1 aromatic carbocycles. The van der Waals surface area contributed by atoms with Crippen molar-refractivity contribution >= 4 is 11.9 Å². The molecule has 2 aliphatic heterocycles. The minimum atomic E-state index is -0.548. The summed E-state index contributed by atoms with van der Waals surface area (Å²) < 4.78 is 11.4. The second kappa shape index (κ2) is 7.06. The number of hydrogen-bond acceptors (Lipinski definition) is 4. The van der Waals surface area contributed by atoms with Crippen molar-refractivity contribution < 1.29 is 19.1 Å². The first-order valence-corrected chi connectivity index (χ1v) is 9.12. The quantitative estimate of drug-likeness (QED) is 0.770. The standard InChI is InChI=1S/C20H27NO4/c1-20(2,3)25-19(23)21-12-8-4-5-10-16(21)15-13-24-17-11-7-6-9-14(17)18(15)22/h6-7,9,11,15-16H,4-5,8,10,12-13H2,1-3H3/t15-,16-/m0/s1. The lowest BCUT2D eigenvalue weighted by molar-refractivity contribution is 0.00698. The van der Waals surface area contributed by atoms with Crippen molar-refractivity contribution in [3.05, 3.63) is 29.8 Å². The second-order valence-electron chi connectivity index (χ2n) is 7.87. The summed E-state index contributed by atoms with van der Waals surface area (Å²) in [4.78, 5) is 27.5. The van der Waals surface area contributed by atoms with E-state index >= 15 is 0 Å². The van der Waals surface area contributed by atoms with Crippen molar-refractivity contribution in [3.63, 3.8) is 0 Å². The Morgan fingerprint density at radius 2 is 1.96 bits per heavy atom. The minimum absolute atomic E-state index is 0.0716. The summed E-state index contributed by atoms with van der Waals surface area (Å²) >= 11 is 0. The highest BCUT2D eigenvalue weighted by atomic mass is 16.6. The molecule has 1 aromatic rings. The van der Waals surface area contributed by atoms with Crippen LogP contribution in [0.5, 0.6) is 5.75 Å². The van der Waals surface area contributed by atoms with Gasteiger partial charge in [0.1, 0.15) is 18.0 Å². The number of para-hydroxylation sites is 1. The molecule has 0 unspecified atom stereocenters. The van der Waals surface area contributed by atoms with E-state index in [1.165, 1.54) is 0 Å². The number of ketones is 1. The zero-order chi connectivity index (χ0) is 18.0. The zero-order valence-corrected chi connectivity index (χ0v) is 15.3. The fourth-order valence-electron chi connectivity index (χ4n) is 3.64. The Morgan fingerprint density at radius 1 is 1.20 bits per heavy atom. The van der Waals surface area contributed by atoms with Crippen LogP contribution in [0.3, 0.4) is 0 Å². The molecule has 0 aliphatic carbocycles. The van der Waals surface area contributed by atoms with E-state index in [2.05, 4.69) is 0 Å². The van der Waals surface area contributed by atoms with E-state index in [-0.39, 0.29) is 23.8 Å². The van der Waals surface area contributed by atoms with Crippen LogP contribution in [0.25, 0.3) is 0 Å². The highest BCUT2D eigenvalue weighted by Crippen LogP contribution is 2.33. The highest BCUT2D eigenvalue weighted by Gasteiger charge is 2.41. The third-order valence-corrected chi connectivity index (χ3v) is 4.80. The topological polar surface area (TPSA) is 55.8 Å². The summed E-state index contributed by atoms with van der Waals surface area (Å²) in [5.74, 6) is 0.379. The first-order chi connectivity index (χ1) is 11.9. The maximum Gasteiger partial charge on any atom is 0.410 e. The molecule has 5 heteroatoms. The molecule has 0 N–H and O–H groups in total. The van der Waals surface area contributed by atoms with Crippen LogP contribution in [0.1, 0.15) is 56.8 Å². The predicted octanol–water partition coefficient (Wildman–Crippen LogP) is 4.06. The van der Waals surface area contributed by atoms with Crippen LogP contribution >= 0.6 is 0 Å². The molecule has 136 valence electrons. The van der Waals surface area contributed by atoms with Gasteiger partial charge < -0.3 is 14.4 Å². The Kier molecular flexibility index (Phi) is 5.02. The minimum Gasteiger partial charge on any atom is -0.492 e. The molecule has 1 fully saturated rings. The normalized spacial score (nSPS) is 24.1. The molecular formula is C20H27NO4. The number of Topliss-reactive ketones (excluding diaryl/α,β-unsaturated/α-hetero) is 1. The van der Waals surface area contributed by atoms with Gasteiger partial charge in [0.05, 0.1) is 11.5 Å². The van der Waals surface area contributed by atoms with Gasteiger partial charge in [-0.05, 0) is 45.7 Å². The molecular weight excluding hydrogens is 318 g/mol. The number of benzene rings is 1. The fourth-order valence-corrected chi connectivity index (χ4v) is 3.64. The van der Waals surface area contributed by atoms with Gasteiger partial charge in [-0.15, -0.1) is 0 Å². The molecule has 1 saturated heterocycles. The monoisotopic (exact) mass is 345 g/mol. The van der Waals surface area contributed by atoms with Crippen molar-refractivity contribution in [2.45, 2.75) is 58.1 Å². The van der Waals surface area contributed by atoms with Gasteiger partial charge in [-0.2, -0.15) is 0 Å². The van der Waals surface area contributed by atoms with Crippen LogP contribution in [-0.2, 0) is 4.74 Å². The number of carbonyl (C=O) groups excluding carboxylic acids is 2. The SMILES string of the molecule is CC(C)(C)OC(=O)N1CCCCC[C@H]1[C@@H]1COc2ccccc2C1=O. The van der Waals surface area contributed by atoms with Crippen LogP contribution in [-0.4, -0.2) is 41.6 Å². The number of carbonyl (C=O) groups is 2. The number of likely N-dealkylation sites (tertiary alicyclic amines) is 1. The van der Waals surface area contributed by atoms with Crippen LogP contribution in [0.4, 0.5) is 4.79 Å². The van der Waals surface area contributed by atoms with E-state index < -0.39 is 5.60 Å². The lowest BCUT2D eigenvalue weighted by atomic mass is 9.86. The first-order valence-electron chi connectivity index (χ1n) is 9.12. The average molecular weight is 345 g/mol.